The number of nitrogens with two attached hydrogens (primary N) is 1. The molecule has 0 saturated carbocycles. The molecule has 0 amide bonds. The zero-order chi connectivity index (χ0) is 13.8. The van der Waals surface area contributed by atoms with E-state index >= 15 is 0 Å². The van der Waals surface area contributed by atoms with Crippen molar-refractivity contribution < 1.29 is 4.74 Å². The minimum Gasteiger partial charge on any atom is -0.475 e. The lowest BCUT2D eigenvalue weighted by atomic mass is 10.0. The maximum absolute atomic E-state index is 6.06. The number of rotatable bonds is 4. The summed E-state index contributed by atoms with van der Waals surface area (Å²) in [7, 11) is 2.11. The minimum absolute atomic E-state index is 0.359. The van der Waals surface area contributed by atoms with Crippen LogP contribution in [0.1, 0.15) is 19.3 Å². The Morgan fingerprint density at radius 2 is 2.26 bits per heavy atom. The van der Waals surface area contributed by atoms with E-state index in [1.54, 1.807) is 6.07 Å². The van der Waals surface area contributed by atoms with Crippen LogP contribution in [0.4, 0.5) is 5.82 Å². The van der Waals surface area contributed by atoms with Gasteiger partial charge in [-0.1, -0.05) is 29.6 Å². The molecule has 1 saturated heterocycles. The number of piperidine rings is 1. The van der Waals surface area contributed by atoms with E-state index in [1.807, 2.05) is 0 Å². The van der Waals surface area contributed by atoms with Gasteiger partial charge in [0.05, 0.1) is 5.02 Å². The van der Waals surface area contributed by atoms with Crippen molar-refractivity contribution in [2.75, 3.05) is 25.6 Å². The highest BCUT2D eigenvalue weighted by atomic mass is 35.5. The van der Waals surface area contributed by atoms with Crippen LogP contribution in [0.25, 0.3) is 0 Å². The average molecular weight is 305 g/mol. The van der Waals surface area contributed by atoms with Crippen molar-refractivity contribution in [2.24, 2.45) is 5.84 Å². The quantitative estimate of drug-likeness (QED) is 0.661. The van der Waals surface area contributed by atoms with E-state index in [-0.39, 0.29) is 0 Å². The lowest BCUT2D eigenvalue weighted by Crippen LogP contribution is -2.40. The SMILES string of the molecule is CN1CCCCC1COc1nc(NN)c(Cl)cc1Cl. The molecule has 0 bridgehead atoms. The molecule has 0 aliphatic carbocycles. The maximum atomic E-state index is 6.06. The van der Waals surface area contributed by atoms with Gasteiger partial charge in [-0.05, 0) is 32.5 Å². The lowest BCUT2D eigenvalue weighted by Gasteiger charge is -2.32. The van der Waals surface area contributed by atoms with Gasteiger partial charge in [-0.25, -0.2) is 5.84 Å². The number of pyridine rings is 1. The highest BCUT2D eigenvalue weighted by Crippen LogP contribution is 2.30. The summed E-state index contributed by atoms with van der Waals surface area (Å²) in [6.07, 6.45) is 3.60. The summed E-state index contributed by atoms with van der Waals surface area (Å²) in [6, 6.07) is 1.97. The highest BCUT2D eigenvalue weighted by molar-refractivity contribution is 6.36. The molecule has 0 spiro atoms. The number of hydrogen-bond donors (Lipinski definition) is 2. The molecule has 1 aliphatic heterocycles. The van der Waals surface area contributed by atoms with E-state index in [9.17, 15) is 0 Å². The predicted molar refractivity (Wildman–Crippen MR) is 77.8 cm³/mol. The van der Waals surface area contributed by atoms with Crippen LogP contribution in [-0.4, -0.2) is 36.1 Å². The van der Waals surface area contributed by atoms with Crippen molar-refractivity contribution in [3.8, 4) is 5.88 Å². The minimum atomic E-state index is 0.359. The number of hydrogen-bond acceptors (Lipinski definition) is 5. The Morgan fingerprint density at radius 3 is 2.95 bits per heavy atom. The molecule has 1 atom stereocenters. The fourth-order valence-corrected chi connectivity index (χ4v) is 2.65. The number of nitrogens with zero attached hydrogens (tertiary/aromatic N) is 2. The molecule has 0 radical (unpaired) electrons. The summed E-state index contributed by atoms with van der Waals surface area (Å²) in [5.74, 6) is 6.05. The van der Waals surface area contributed by atoms with Gasteiger partial charge in [0.25, 0.3) is 0 Å². The van der Waals surface area contributed by atoms with E-state index in [4.69, 9.17) is 33.8 Å². The number of likely N-dealkylation sites (N-methyl/N-ethyl adjacent to an activating group) is 1. The molecule has 1 fully saturated rings. The van der Waals surface area contributed by atoms with E-state index in [0.717, 1.165) is 13.0 Å². The summed E-state index contributed by atoms with van der Waals surface area (Å²) in [6.45, 7) is 1.67. The van der Waals surface area contributed by atoms with Crippen molar-refractivity contribution in [3.05, 3.63) is 16.1 Å². The smallest absolute Gasteiger partial charge is 0.234 e. The molecule has 2 heterocycles. The van der Waals surface area contributed by atoms with Crippen LogP contribution in [0.2, 0.25) is 10.0 Å². The molecule has 1 aromatic heterocycles. The number of likely N-dealkylation sites (tertiary alicyclic amines) is 1. The van der Waals surface area contributed by atoms with Gasteiger partial charge in [0.2, 0.25) is 5.88 Å². The van der Waals surface area contributed by atoms with Crippen LogP contribution in [0.5, 0.6) is 5.88 Å². The van der Waals surface area contributed by atoms with Crippen molar-refractivity contribution in [2.45, 2.75) is 25.3 Å². The van der Waals surface area contributed by atoms with E-state index < -0.39 is 0 Å². The Hall–Kier alpha value is -0.750. The zero-order valence-corrected chi connectivity index (χ0v) is 12.3. The Balaban J connectivity index is 2.02. The van der Waals surface area contributed by atoms with Crippen LogP contribution in [0.15, 0.2) is 6.07 Å². The number of hydrazine groups is 1. The molecule has 1 aromatic rings. The third-order valence-corrected chi connectivity index (χ3v) is 3.93. The van der Waals surface area contributed by atoms with Crippen molar-refractivity contribution in [3.63, 3.8) is 0 Å². The normalized spacial score (nSPS) is 20.3. The Labute approximate surface area is 123 Å². The third kappa shape index (κ3) is 3.63. The van der Waals surface area contributed by atoms with Crippen molar-refractivity contribution >= 4 is 29.0 Å². The zero-order valence-electron chi connectivity index (χ0n) is 10.8. The van der Waals surface area contributed by atoms with E-state index in [0.29, 0.717) is 34.4 Å². The molecule has 19 heavy (non-hydrogen) atoms. The van der Waals surface area contributed by atoms with Gasteiger partial charge in [0.15, 0.2) is 5.82 Å². The fraction of sp³-hybridized carbons (Fsp3) is 0.583. The van der Waals surface area contributed by atoms with E-state index in [2.05, 4.69) is 22.4 Å². The Bertz CT molecular complexity index is 444. The highest BCUT2D eigenvalue weighted by Gasteiger charge is 2.20. The second kappa shape index (κ2) is 6.61. The van der Waals surface area contributed by atoms with Crippen LogP contribution in [-0.2, 0) is 0 Å². The first-order valence-corrected chi connectivity index (χ1v) is 7.03. The van der Waals surface area contributed by atoms with Crippen LogP contribution in [0, 0.1) is 0 Å². The number of anilines is 1. The lowest BCUT2D eigenvalue weighted by molar-refractivity contribution is 0.123. The second-order valence-electron chi connectivity index (χ2n) is 4.69. The van der Waals surface area contributed by atoms with Crippen molar-refractivity contribution in [1.29, 1.82) is 0 Å². The van der Waals surface area contributed by atoms with E-state index in [1.165, 1.54) is 12.8 Å². The first-order chi connectivity index (χ1) is 9.11. The summed E-state index contributed by atoms with van der Waals surface area (Å²) in [5.41, 5.74) is 2.42. The molecule has 3 N–H and O–H groups in total. The monoisotopic (exact) mass is 304 g/mol. The molecule has 2 rings (SSSR count). The third-order valence-electron chi connectivity index (χ3n) is 3.37. The summed E-state index contributed by atoms with van der Waals surface area (Å²) < 4.78 is 5.71. The van der Waals surface area contributed by atoms with Gasteiger partial charge in [0, 0.05) is 6.04 Å². The summed E-state index contributed by atoms with van der Waals surface area (Å²) >= 11 is 12.0. The van der Waals surface area contributed by atoms with Gasteiger partial charge >= 0.3 is 0 Å². The van der Waals surface area contributed by atoms with Gasteiger partial charge in [0.1, 0.15) is 11.6 Å². The molecule has 106 valence electrons. The van der Waals surface area contributed by atoms with Gasteiger partial charge < -0.3 is 15.1 Å². The molecule has 1 unspecified atom stereocenters. The molecule has 5 nitrogen and oxygen atoms in total. The number of ether oxygens (including phenoxy) is 1. The first-order valence-electron chi connectivity index (χ1n) is 6.27. The van der Waals surface area contributed by atoms with Crippen molar-refractivity contribution in [1.82, 2.24) is 9.88 Å². The molecule has 7 heteroatoms. The number of nitrogens with one attached hydrogen (secondary N) is 1. The first kappa shape index (κ1) is 14.7. The fourth-order valence-electron chi connectivity index (χ4n) is 2.18. The molecule has 0 aromatic carbocycles. The average Bonchev–Trinajstić information content (AvgIpc) is 2.39. The Morgan fingerprint density at radius 1 is 1.47 bits per heavy atom. The standard InChI is InChI=1S/C12H18Cl2N4O/c1-18-5-3-2-4-8(18)7-19-12-10(14)6-9(13)11(16-12)17-15/h6,8H,2-5,7,15H2,1H3,(H,16,17). The van der Waals surface area contributed by atoms with Gasteiger partial charge in [-0.2, -0.15) is 4.98 Å². The number of aromatic nitrogens is 1. The Kier molecular flexibility index (Phi) is 5.10. The molecular formula is C12H18Cl2N4O. The largest absolute Gasteiger partial charge is 0.475 e. The van der Waals surface area contributed by atoms with Gasteiger partial charge in [-0.15, -0.1) is 0 Å². The van der Waals surface area contributed by atoms with Crippen LogP contribution < -0.4 is 16.0 Å². The number of halogens is 2. The molecular weight excluding hydrogens is 287 g/mol. The van der Waals surface area contributed by atoms with Crippen LogP contribution >= 0.6 is 23.2 Å². The topological polar surface area (TPSA) is 63.4 Å². The summed E-state index contributed by atoms with van der Waals surface area (Å²) in [4.78, 5) is 6.46. The number of nitrogen functional groups attached to an aromatic ring is 1. The summed E-state index contributed by atoms with van der Waals surface area (Å²) in [5, 5.41) is 0.761. The molecule has 1 aliphatic rings. The second-order valence-corrected chi connectivity index (χ2v) is 5.51. The van der Waals surface area contributed by atoms with Gasteiger partial charge in [-0.3, -0.25) is 0 Å². The van der Waals surface area contributed by atoms with Crippen LogP contribution in [0.3, 0.4) is 0 Å². The maximum Gasteiger partial charge on any atom is 0.234 e. The predicted octanol–water partition coefficient (Wildman–Crippen LogP) is 2.54.